The normalized spacial score (nSPS) is 29.1. The van der Waals surface area contributed by atoms with Gasteiger partial charge in [-0.25, -0.2) is 0 Å². The molecule has 2 fully saturated rings. The van der Waals surface area contributed by atoms with E-state index in [1.54, 1.807) is 0 Å². The Morgan fingerprint density at radius 2 is 2.00 bits per heavy atom. The number of likely N-dealkylation sites (tertiary alicyclic amines) is 1. The van der Waals surface area contributed by atoms with Crippen LogP contribution in [0.4, 0.5) is 0 Å². The summed E-state index contributed by atoms with van der Waals surface area (Å²) >= 11 is 0. The average molecular weight is 224 g/mol. The zero-order chi connectivity index (χ0) is 11.2. The van der Waals surface area contributed by atoms with E-state index in [2.05, 4.69) is 17.1 Å². The first-order valence-electron chi connectivity index (χ1n) is 7.35. The Balaban J connectivity index is 1.43. The maximum Gasteiger partial charge on any atom is 0.00985 e. The van der Waals surface area contributed by atoms with Crippen LogP contribution in [0.3, 0.4) is 0 Å². The topological polar surface area (TPSA) is 15.3 Å². The van der Waals surface area contributed by atoms with E-state index >= 15 is 0 Å². The average Bonchev–Trinajstić information content (AvgIpc) is 2.90. The third kappa shape index (κ3) is 3.46. The summed E-state index contributed by atoms with van der Waals surface area (Å²) in [6, 6.07) is 0.978. The quantitative estimate of drug-likeness (QED) is 0.638. The predicted octanol–water partition coefficient (Wildman–Crippen LogP) is 2.64. The number of rotatable bonds is 8. The lowest BCUT2D eigenvalue weighted by Gasteiger charge is -2.26. The van der Waals surface area contributed by atoms with E-state index in [4.69, 9.17) is 0 Å². The molecule has 1 heterocycles. The van der Waals surface area contributed by atoms with Crippen molar-refractivity contribution in [1.82, 2.24) is 10.2 Å². The second-order valence-electron chi connectivity index (χ2n) is 5.60. The van der Waals surface area contributed by atoms with Gasteiger partial charge < -0.3 is 10.2 Å². The largest absolute Gasteiger partial charge is 0.317 e. The Hall–Kier alpha value is -0.0800. The van der Waals surface area contributed by atoms with E-state index < -0.39 is 0 Å². The van der Waals surface area contributed by atoms with E-state index in [-0.39, 0.29) is 0 Å². The molecular formula is C14H28N2. The van der Waals surface area contributed by atoms with Gasteiger partial charge in [0.05, 0.1) is 0 Å². The van der Waals surface area contributed by atoms with Crippen LogP contribution in [0.2, 0.25) is 0 Å². The van der Waals surface area contributed by atoms with Crippen LogP contribution in [0.25, 0.3) is 0 Å². The molecule has 0 aromatic rings. The van der Waals surface area contributed by atoms with Gasteiger partial charge >= 0.3 is 0 Å². The van der Waals surface area contributed by atoms with E-state index in [1.807, 2.05) is 0 Å². The molecule has 1 aliphatic carbocycles. The fourth-order valence-corrected chi connectivity index (χ4v) is 3.40. The van der Waals surface area contributed by atoms with Crippen LogP contribution in [-0.4, -0.2) is 37.1 Å². The van der Waals surface area contributed by atoms with Crippen LogP contribution in [0, 0.1) is 5.92 Å². The molecule has 0 amide bonds. The molecule has 2 aliphatic rings. The van der Waals surface area contributed by atoms with Gasteiger partial charge in [0, 0.05) is 12.6 Å². The summed E-state index contributed by atoms with van der Waals surface area (Å²) in [6.45, 7) is 7.31. The maximum absolute atomic E-state index is 3.39. The lowest BCUT2D eigenvalue weighted by Crippen LogP contribution is -2.32. The van der Waals surface area contributed by atoms with Crippen molar-refractivity contribution in [1.29, 1.82) is 0 Å². The van der Waals surface area contributed by atoms with Crippen molar-refractivity contribution in [3.8, 4) is 0 Å². The van der Waals surface area contributed by atoms with Crippen molar-refractivity contribution in [2.75, 3.05) is 26.2 Å². The predicted molar refractivity (Wildman–Crippen MR) is 69.7 cm³/mol. The summed E-state index contributed by atoms with van der Waals surface area (Å²) in [5, 5.41) is 3.39. The maximum atomic E-state index is 3.39. The molecule has 0 radical (unpaired) electrons. The summed E-state index contributed by atoms with van der Waals surface area (Å²) in [6.07, 6.45) is 10.2. The molecule has 94 valence electrons. The summed E-state index contributed by atoms with van der Waals surface area (Å²) in [7, 11) is 0. The number of unbranched alkanes of at least 4 members (excludes halogenated alkanes) is 3. The van der Waals surface area contributed by atoms with Crippen molar-refractivity contribution in [3.63, 3.8) is 0 Å². The van der Waals surface area contributed by atoms with Crippen LogP contribution < -0.4 is 5.32 Å². The number of nitrogens with one attached hydrogen (secondary N) is 1. The number of nitrogens with zero attached hydrogens (tertiary/aromatic N) is 1. The van der Waals surface area contributed by atoms with Crippen molar-refractivity contribution >= 4 is 0 Å². The molecule has 2 bridgehead atoms. The second-order valence-corrected chi connectivity index (χ2v) is 5.60. The molecule has 1 aliphatic heterocycles. The third-order valence-corrected chi connectivity index (χ3v) is 4.32. The van der Waals surface area contributed by atoms with Crippen molar-refractivity contribution in [2.24, 2.45) is 5.92 Å². The molecule has 0 aromatic heterocycles. The Morgan fingerprint density at radius 3 is 2.69 bits per heavy atom. The summed E-state index contributed by atoms with van der Waals surface area (Å²) in [5.41, 5.74) is 0. The van der Waals surface area contributed by atoms with Crippen molar-refractivity contribution < 1.29 is 0 Å². The van der Waals surface area contributed by atoms with Crippen molar-refractivity contribution in [2.45, 2.75) is 57.9 Å². The highest BCUT2D eigenvalue weighted by atomic mass is 15.2. The highest BCUT2D eigenvalue weighted by Crippen LogP contribution is 2.37. The Morgan fingerprint density at radius 1 is 1.12 bits per heavy atom. The lowest BCUT2D eigenvalue weighted by atomic mass is 10.1. The van der Waals surface area contributed by atoms with Crippen LogP contribution >= 0.6 is 0 Å². The molecule has 1 N–H and O–H groups in total. The molecule has 16 heavy (non-hydrogen) atoms. The number of hydrogen-bond acceptors (Lipinski definition) is 2. The first-order chi connectivity index (χ1) is 7.90. The van der Waals surface area contributed by atoms with Crippen LogP contribution in [0.1, 0.15) is 51.9 Å². The molecular weight excluding hydrogens is 196 g/mol. The summed E-state index contributed by atoms with van der Waals surface area (Å²) < 4.78 is 0. The van der Waals surface area contributed by atoms with E-state index in [0.29, 0.717) is 0 Å². The van der Waals surface area contributed by atoms with Gasteiger partial charge in [0.15, 0.2) is 0 Å². The molecule has 2 rings (SSSR count). The van der Waals surface area contributed by atoms with Gasteiger partial charge in [-0.2, -0.15) is 0 Å². The van der Waals surface area contributed by atoms with Gasteiger partial charge in [-0.1, -0.05) is 19.8 Å². The van der Waals surface area contributed by atoms with E-state index in [0.717, 1.165) is 18.5 Å². The molecule has 1 saturated carbocycles. The Kier molecular flexibility index (Phi) is 5.11. The highest BCUT2D eigenvalue weighted by Gasteiger charge is 2.36. The fourth-order valence-electron chi connectivity index (χ4n) is 3.40. The minimum Gasteiger partial charge on any atom is -0.317 e. The van der Waals surface area contributed by atoms with Gasteiger partial charge in [0.1, 0.15) is 0 Å². The molecule has 2 unspecified atom stereocenters. The first-order valence-corrected chi connectivity index (χ1v) is 7.35. The van der Waals surface area contributed by atoms with Gasteiger partial charge in [0.25, 0.3) is 0 Å². The number of hydrogen-bond donors (Lipinski definition) is 1. The highest BCUT2D eigenvalue weighted by molar-refractivity contribution is 4.91. The lowest BCUT2D eigenvalue weighted by molar-refractivity contribution is 0.209. The molecule has 2 nitrogen and oxygen atoms in total. The molecule has 2 atom stereocenters. The van der Waals surface area contributed by atoms with E-state index in [1.165, 1.54) is 64.6 Å². The zero-order valence-corrected chi connectivity index (χ0v) is 10.9. The monoisotopic (exact) mass is 224 g/mol. The minimum atomic E-state index is 0.978. The molecule has 2 heteroatoms. The first kappa shape index (κ1) is 12.4. The number of piperidine rings is 1. The van der Waals surface area contributed by atoms with Gasteiger partial charge in [-0.3, -0.25) is 0 Å². The Bertz CT molecular complexity index is 193. The van der Waals surface area contributed by atoms with Crippen LogP contribution in [0.15, 0.2) is 0 Å². The molecule has 0 aromatic carbocycles. The smallest absolute Gasteiger partial charge is 0.00985 e. The van der Waals surface area contributed by atoms with Gasteiger partial charge in [-0.05, 0) is 57.7 Å². The number of fused-ring (bicyclic) bond motifs is 2. The van der Waals surface area contributed by atoms with E-state index in [9.17, 15) is 0 Å². The Labute approximate surface area is 101 Å². The molecule has 1 saturated heterocycles. The minimum absolute atomic E-state index is 0.978. The summed E-state index contributed by atoms with van der Waals surface area (Å²) in [5.74, 6) is 1.07. The SMILES string of the molecule is CCNCCCCCCN1CC2CCC1C2. The second kappa shape index (κ2) is 6.61. The zero-order valence-electron chi connectivity index (χ0n) is 10.9. The van der Waals surface area contributed by atoms with Crippen LogP contribution in [0.5, 0.6) is 0 Å². The summed E-state index contributed by atoms with van der Waals surface area (Å²) in [4.78, 5) is 2.76. The van der Waals surface area contributed by atoms with Gasteiger partial charge in [-0.15, -0.1) is 0 Å². The third-order valence-electron chi connectivity index (χ3n) is 4.32. The standard InChI is InChI=1S/C14H28N2/c1-2-15-9-5-3-4-6-10-16-12-13-7-8-14(16)11-13/h13-15H,2-12H2,1H3. The fraction of sp³-hybridized carbons (Fsp3) is 1.00. The van der Waals surface area contributed by atoms with Crippen LogP contribution in [-0.2, 0) is 0 Å². The van der Waals surface area contributed by atoms with Crippen molar-refractivity contribution in [3.05, 3.63) is 0 Å². The van der Waals surface area contributed by atoms with Gasteiger partial charge in [0.2, 0.25) is 0 Å². The molecule has 0 spiro atoms.